The molecule has 3 N–H and O–H groups in total. The van der Waals surface area contributed by atoms with Crippen molar-refractivity contribution in [2.45, 2.75) is 24.6 Å². The molecule has 1 aliphatic carbocycles. The number of hydrogen-bond acceptors (Lipinski definition) is 6. The van der Waals surface area contributed by atoms with Gasteiger partial charge in [-0.3, -0.25) is 4.79 Å². The van der Waals surface area contributed by atoms with Crippen LogP contribution in [0.1, 0.15) is 12.8 Å². The molecule has 1 saturated carbocycles. The van der Waals surface area contributed by atoms with Gasteiger partial charge in [-0.2, -0.15) is 13.2 Å². The molecule has 0 spiro atoms. The number of hydrogen-bond donors (Lipinski definition) is 3. The number of carbonyl (C=O) groups excluding carboxylic acids is 1. The van der Waals surface area contributed by atoms with Gasteiger partial charge in [-0.15, -0.1) is 0 Å². The predicted octanol–water partition coefficient (Wildman–Crippen LogP) is 2.04. The normalized spacial score (nSPS) is 15.5. The van der Waals surface area contributed by atoms with Crippen LogP contribution in [0.5, 0.6) is 0 Å². The molecular formula is C16H14F3N7O. The van der Waals surface area contributed by atoms with Crippen LogP contribution >= 0.6 is 0 Å². The van der Waals surface area contributed by atoms with Gasteiger partial charge >= 0.3 is 6.18 Å². The molecule has 27 heavy (non-hydrogen) atoms. The zero-order valence-electron chi connectivity index (χ0n) is 13.8. The summed E-state index contributed by atoms with van der Waals surface area (Å²) in [7, 11) is 0. The molecule has 0 aliphatic heterocycles. The van der Waals surface area contributed by atoms with E-state index in [9.17, 15) is 18.0 Å². The maximum atomic E-state index is 12.3. The summed E-state index contributed by atoms with van der Waals surface area (Å²) in [5, 5.41) is 5.60. The highest BCUT2D eigenvalue weighted by Gasteiger charge is 2.51. The van der Waals surface area contributed by atoms with Gasteiger partial charge in [0.25, 0.3) is 0 Å². The summed E-state index contributed by atoms with van der Waals surface area (Å²) in [5.74, 6) is 0.0406. The van der Waals surface area contributed by atoms with E-state index in [4.69, 9.17) is 0 Å². The van der Waals surface area contributed by atoms with Crippen molar-refractivity contribution in [1.29, 1.82) is 0 Å². The Kier molecular flexibility index (Phi) is 3.93. The Morgan fingerprint density at radius 3 is 2.85 bits per heavy atom. The molecule has 140 valence electrons. The highest BCUT2D eigenvalue weighted by atomic mass is 19.4. The van der Waals surface area contributed by atoms with Crippen LogP contribution in [0.3, 0.4) is 0 Å². The van der Waals surface area contributed by atoms with Crippen LogP contribution < -0.4 is 10.6 Å². The molecule has 1 amide bonds. The summed E-state index contributed by atoms with van der Waals surface area (Å²) in [6.45, 7) is -1.36. The number of alkyl halides is 3. The monoisotopic (exact) mass is 377 g/mol. The van der Waals surface area contributed by atoms with Gasteiger partial charge in [-0.1, -0.05) is 0 Å². The fourth-order valence-electron chi connectivity index (χ4n) is 2.73. The molecule has 1 aliphatic rings. The Labute approximate surface area is 150 Å². The van der Waals surface area contributed by atoms with Crippen molar-refractivity contribution in [1.82, 2.24) is 30.2 Å². The van der Waals surface area contributed by atoms with E-state index in [1.807, 2.05) is 5.32 Å². The predicted molar refractivity (Wildman–Crippen MR) is 89.6 cm³/mol. The van der Waals surface area contributed by atoms with Gasteiger partial charge in [-0.25, -0.2) is 19.9 Å². The quantitative estimate of drug-likeness (QED) is 0.628. The van der Waals surface area contributed by atoms with Crippen LogP contribution in [0.15, 0.2) is 31.0 Å². The van der Waals surface area contributed by atoms with Gasteiger partial charge < -0.3 is 15.6 Å². The molecule has 4 rings (SSSR count). The molecule has 3 aromatic heterocycles. The van der Waals surface area contributed by atoms with Gasteiger partial charge in [0, 0.05) is 29.5 Å². The van der Waals surface area contributed by atoms with E-state index in [0.29, 0.717) is 35.7 Å². The van der Waals surface area contributed by atoms with Crippen molar-refractivity contribution in [2.24, 2.45) is 0 Å². The number of aromatic nitrogens is 5. The molecule has 0 atom stereocenters. The Hall–Kier alpha value is -3.24. The van der Waals surface area contributed by atoms with Gasteiger partial charge in [0.05, 0.1) is 0 Å². The maximum absolute atomic E-state index is 12.3. The van der Waals surface area contributed by atoms with Crippen molar-refractivity contribution in [3.8, 4) is 11.4 Å². The van der Waals surface area contributed by atoms with Crippen LogP contribution in [0.25, 0.3) is 22.4 Å². The van der Waals surface area contributed by atoms with Crippen molar-refractivity contribution in [3.63, 3.8) is 0 Å². The number of rotatable bonds is 5. The second-order valence-corrected chi connectivity index (χ2v) is 6.26. The number of aromatic amines is 1. The summed E-state index contributed by atoms with van der Waals surface area (Å²) in [6.07, 6.45) is 2.65. The minimum atomic E-state index is -4.45. The zero-order valence-corrected chi connectivity index (χ0v) is 13.8. The molecule has 3 aromatic rings. The number of anilines is 1. The minimum Gasteiger partial charge on any atom is -0.356 e. The van der Waals surface area contributed by atoms with Gasteiger partial charge in [0.2, 0.25) is 5.91 Å². The van der Waals surface area contributed by atoms with E-state index < -0.39 is 24.2 Å². The van der Waals surface area contributed by atoms with E-state index in [-0.39, 0.29) is 0 Å². The summed E-state index contributed by atoms with van der Waals surface area (Å²) in [5.41, 5.74) is 0.244. The largest absolute Gasteiger partial charge is 0.405 e. The lowest BCUT2D eigenvalue weighted by molar-refractivity contribution is -0.139. The van der Waals surface area contributed by atoms with Crippen molar-refractivity contribution < 1.29 is 18.0 Å². The average Bonchev–Trinajstić information content (AvgIpc) is 3.28. The maximum Gasteiger partial charge on any atom is 0.405 e. The molecule has 0 aromatic carbocycles. The third-order valence-corrected chi connectivity index (χ3v) is 4.25. The number of H-pyrrole nitrogens is 1. The summed E-state index contributed by atoms with van der Waals surface area (Å²) in [4.78, 5) is 31.8. The minimum absolute atomic E-state index is 0.353. The smallest absolute Gasteiger partial charge is 0.356 e. The molecule has 3 heterocycles. The molecule has 1 fully saturated rings. The number of fused-ring (bicyclic) bond motifs is 1. The van der Waals surface area contributed by atoms with Crippen molar-refractivity contribution in [2.75, 3.05) is 11.9 Å². The van der Waals surface area contributed by atoms with E-state index in [1.54, 1.807) is 18.5 Å². The lowest BCUT2D eigenvalue weighted by Gasteiger charge is -2.18. The zero-order chi connectivity index (χ0) is 19.1. The Balaban J connectivity index is 1.54. The fourth-order valence-corrected chi connectivity index (χ4v) is 2.73. The first kappa shape index (κ1) is 17.2. The Bertz CT molecular complexity index is 997. The van der Waals surface area contributed by atoms with Crippen LogP contribution in [-0.4, -0.2) is 49.1 Å². The van der Waals surface area contributed by atoms with E-state index in [0.717, 1.165) is 5.39 Å². The molecular weight excluding hydrogens is 363 g/mol. The topological polar surface area (TPSA) is 108 Å². The van der Waals surface area contributed by atoms with Gasteiger partial charge in [0.15, 0.2) is 5.82 Å². The molecule has 0 radical (unpaired) electrons. The van der Waals surface area contributed by atoms with Gasteiger partial charge in [-0.05, 0) is 18.9 Å². The first-order valence-corrected chi connectivity index (χ1v) is 8.10. The number of carbonyl (C=O) groups is 1. The highest BCUT2D eigenvalue weighted by molar-refractivity contribution is 5.93. The summed E-state index contributed by atoms with van der Waals surface area (Å²) < 4.78 is 37.0. The van der Waals surface area contributed by atoms with Crippen LogP contribution in [-0.2, 0) is 4.79 Å². The van der Waals surface area contributed by atoms with Crippen LogP contribution in [0.4, 0.5) is 19.0 Å². The first-order valence-electron chi connectivity index (χ1n) is 8.10. The summed E-state index contributed by atoms with van der Waals surface area (Å²) >= 11 is 0. The van der Waals surface area contributed by atoms with Crippen LogP contribution in [0.2, 0.25) is 0 Å². The molecule has 0 unspecified atom stereocenters. The fraction of sp³-hybridized carbons (Fsp3) is 0.312. The van der Waals surface area contributed by atoms with Crippen LogP contribution in [0, 0.1) is 0 Å². The third kappa shape index (κ3) is 3.52. The summed E-state index contributed by atoms with van der Waals surface area (Å²) in [6, 6.07) is 1.56. The average molecular weight is 377 g/mol. The number of nitrogens with one attached hydrogen (secondary N) is 3. The second kappa shape index (κ2) is 6.18. The van der Waals surface area contributed by atoms with Gasteiger partial charge in [0.1, 0.15) is 29.9 Å². The number of nitrogens with zero attached hydrogens (tertiary/aromatic N) is 4. The SMILES string of the molecule is O=C(NCC(F)(F)F)C1(Nc2ccnc(-c3c[nH]c4ncncc34)n2)CC1. The molecule has 11 heteroatoms. The standard InChI is InChI=1S/C16H14F3N7O/c17-16(18,19)7-23-14(27)15(2-3-15)26-11-1-4-21-13(25-11)10-6-22-12-9(10)5-20-8-24-12/h1,4-6,8H,2-3,7H2,(H,23,27)(H,20,22,24)(H,21,25,26). The number of halogens is 3. The lowest BCUT2D eigenvalue weighted by Crippen LogP contribution is -2.45. The third-order valence-electron chi connectivity index (χ3n) is 4.25. The first-order chi connectivity index (χ1) is 12.9. The van der Waals surface area contributed by atoms with E-state index in [2.05, 4.69) is 30.2 Å². The number of amides is 1. The van der Waals surface area contributed by atoms with Crippen molar-refractivity contribution >= 4 is 22.8 Å². The molecule has 0 bridgehead atoms. The van der Waals surface area contributed by atoms with E-state index >= 15 is 0 Å². The van der Waals surface area contributed by atoms with Crippen molar-refractivity contribution in [3.05, 3.63) is 31.0 Å². The Morgan fingerprint density at radius 2 is 2.11 bits per heavy atom. The molecule has 0 saturated heterocycles. The van der Waals surface area contributed by atoms with E-state index in [1.165, 1.54) is 12.5 Å². The second-order valence-electron chi connectivity index (χ2n) is 6.26. The highest BCUT2D eigenvalue weighted by Crippen LogP contribution is 2.39. The Morgan fingerprint density at radius 1 is 1.30 bits per heavy atom. The molecule has 8 nitrogen and oxygen atoms in total. The lowest BCUT2D eigenvalue weighted by atomic mass is 10.2.